The summed E-state index contributed by atoms with van der Waals surface area (Å²) in [5.74, 6) is 0.306. The van der Waals surface area contributed by atoms with E-state index in [0.717, 1.165) is 13.1 Å². The zero-order chi connectivity index (χ0) is 18.6. The van der Waals surface area contributed by atoms with Crippen molar-refractivity contribution in [3.8, 4) is 0 Å². The van der Waals surface area contributed by atoms with E-state index in [4.69, 9.17) is 4.74 Å². The number of para-hydroxylation sites is 1. The van der Waals surface area contributed by atoms with Crippen molar-refractivity contribution < 1.29 is 13.9 Å². The molecule has 0 saturated carbocycles. The molecule has 3 heterocycles. The van der Waals surface area contributed by atoms with Gasteiger partial charge >= 0.3 is 0 Å². The normalized spacial score (nSPS) is 17.9. The molecule has 27 heavy (non-hydrogen) atoms. The number of piperazine rings is 1. The number of hydrogen-bond acceptors (Lipinski definition) is 6. The molecule has 1 aromatic carbocycles. The van der Waals surface area contributed by atoms with Crippen molar-refractivity contribution in [3.63, 3.8) is 0 Å². The second kappa shape index (κ2) is 7.87. The van der Waals surface area contributed by atoms with E-state index in [1.807, 2.05) is 15.9 Å². The maximum absolute atomic E-state index is 13.9. The monoisotopic (exact) mass is 371 g/mol. The smallest absolute Gasteiger partial charge is 0.257 e. The lowest BCUT2D eigenvalue weighted by atomic mass is 10.2. The average Bonchev–Trinajstić information content (AvgIpc) is 2.74. The van der Waals surface area contributed by atoms with E-state index >= 15 is 0 Å². The first-order chi connectivity index (χ1) is 13.2. The summed E-state index contributed by atoms with van der Waals surface area (Å²) in [6.45, 7) is 5.11. The van der Waals surface area contributed by atoms with Crippen molar-refractivity contribution in [2.45, 2.75) is 0 Å². The van der Waals surface area contributed by atoms with Crippen molar-refractivity contribution in [3.05, 3.63) is 48.0 Å². The Labute approximate surface area is 157 Å². The fraction of sp³-hybridized carbons (Fsp3) is 0.421. The largest absolute Gasteiger partial charge is 0.378 e. The molecular formula is C19H22FN5O2. The summed E-state index contributed by atoms with van der Waals surface area (Å²) in [7, 11) is 0. The highest BCUT2D eigenvalue weighted by atomic mass is 19.1. The first kappa shape index (κ1) is 17.7. The van der Waals surface area contributed by atoms with Crippen LogP contribution < -0.4 is 9.80 Å². The molecule has 1 amide bonds. The molecule has 142 valence electrons. The molecule has 0 radical (unpaired) electrons. The molecule has 2 aliphatic heterocycles. The van der Waals surface area contributed by atoms with Crippen molar-refractivity contribution in [2.75, 3.05) is 62.3 Å². The van der Waals surface area contributed by atoms with E-state index in [9.17, 15) is 9.18 Å². The van der Waals surface area contributed by atoms with Gasteiger partial charge in [-0.1, -0.05) is 12.1 Å². The molecule has 0 spiro atoms. The first-order valence-corrected chi connectivity index (χ1v) is 9.16. The highest BCUT2D eigenvalue weighted by molar-refractivity contribution is 5.93. The van der Waals surface area contributed by atoms with Gasteiger partial charge in [0.2, 0.25) is 5.95 Å². The first-order valence-electron chi connectivity index (χ1n) is 9.16. The maximum Gasteiger partial charge on any atom is 0.257 e. The number of aromatic nitrogens is 2. The second-order valence-electron chi connectivity index (χ2n) is 6.60. The Hall–Kier alpha value is -2.74. The minimum atomic E-state index is -0.232. The standard InChI is InChI=1S/C19H22FN5O2/c20-16-3-1-2-4-17(16)23-5-7-24(8-6-23)18(26)15-13-21-19(22-14-15)25-9-11-27-12-10-25/h1-4,13-14H,5-12H2. The number of anilines is 2. The Morgan fingerprint density at radius 1 is 0.926 bits per heavy atom. The molecule has 7 nitrogen and oxygen atoms in total. The Balaban J connectivity index is 1.37. The minimum Gasteiger partial charge on any atom is -0.378 e. The van der Waals surface area contributed by atoms with Crippen LogP contribution in [0.3, 0.4) is 0 Å². The highest BCUT2D eigenvalue weighted by Gasteiger charge is 2.24. The fourth-order valence-corrected chi connectivity index (χ4v) is 3.40. The number of carbonyl (C=O) groups is 1. The van der Waals surface area contributed by atoms with Crippen LogP contribution in [0.5, 0.6) is 0 Å². The van der Waals surface area contributed by atoms with Crippen molar-refractivity contribution in [1.29, 1.82) is 0 Å². The predicted octanol–water partition coefficient (Wildman–Crippen LogP) is 1.41. The van der Waals surface area contributed by atoms with Crippen LogP contribution in [-0.2, 0) is 4.74 Å². The van der Waals surface area contributed by atoms with E-state index in [2.05, 4.69) is 9.97 Å². The van der Waals surface area contributed by atoms with Gasteiger partial charge in [-0.2, -0.15) is 0 Å². The van der Waals surface area contributed by atoms with Crippen molar-refractivity contribution >= 4 is 17.5 Å². The molecule has 2 aliphatic rings. The number of halogens is 1. The SMILES string of the molecule is O=C(c1cnc(N2CCOCC2)nc1)N1CCN(c2ccccc2F)CC1. The Kier molecular flexibility index (Phi) is 5.15. The maximum atomic E-state index is 13.9. The number of ether oxygens (including phenoxy) is 1. The zero-order valence-electron chi connectivity index (χ0n) is 15.1. The van der Waals surface area contributed by atoms with Crippen LogP contribution in [0.15, 0.2) is 36.7 Å². The van der Waals surface area contributed by atoms with Crippen LogP contribution in [0.25, 0.3) is 0 Å². The van der Waals surface area contributed by atoms with Crippen LogP contribution in [-0.4, -0.2) is 73.3 Å². The average molecular weight is 371 g/mol. The minimum absolute atomic E-state index is 0.0864. The van der Waals surface area contributed by atoms with Gasteiger partial charge in [0.25, 0.3) is 5.91 Å². The Morgan fingerprint density at radius 3 is 2.26 bits per heavy atom. The summed E-state index contributed by atoms with van der Waals surface area (Å²) in [6, 6.07) is 6.73. The van der Waals surface area contributed by atoms with Gasteiger partial charge in [0.15, 0.2) is 0 Å². The number of nitrogens with zero attached hydrogens (tertiary/aromatic N) is 5. The number of hydrogen-bond donors (Lipinski definition) is 0. The van der Waals surface area contributed by atoms with Crippen LogP contribution in [0.1, 0.15) is 10.4 Å². The molecule has 4 rings (SSSR count). The lowest BCUT2D eigenvalue weighted by Gasteiger charge is -2.36. The van der Waals surface area contributed by atoms with E-state index in [1.165, 1.54) is 6.07 Å². The van der Waals surface area contributed by atoms with Gasteiger partial charge in [-0.05, 0) is 12.1 Å². The van der Waals surface area contributed by atoms with Gasteiger partial charge in [-0.15, -0.1) is 0 Å². The van der Waals surface area contributed by atoms with E-state index in [-0.39, 0.29) is 11.7 Å². The molecule has 0 aliphatic carbocycles. The summed E-state index contributed by atoms with van der Waals surface area (Å²) in [4.78, 5) is 27.2. The van der Waals surface area contributed by atoms with Crippen LogP contribution in [0.2, 0.25) is 0 Å². The third-order valence-electron chi connectivity index (χ3n) is 4.94. The van der Waals surface area contributed by atoms with Crippen LogP contribution in [0.4, 0.5) is 16.0 Å². The molecule has 1 aromatic heterocycles. The topological polar surface area (TPSA) is 61.8 Å². The third-order valence-corrected chi connectivity index (χ3v) is 4.94. The van der Waals surface area contributed by atoms with E-state index < -0.39 is 0 Å². The summed E-state index contributed by atoms with van der Waals surface area (Å²) >= 11 is 0. The number of rotatable bonds is 3. The zero-order valence-corrected chi connectivity index (χ0v) is 15.1. The van der Waals surface area contributed by atoms with Crippen LogP contribution >= 0.6 is 0 Å². The molecule has 2 fully saturated rings. The van der Waals surface area contributed by atoms with Gasteiger partial charge in [-0.25, -0.2) is 14.4 Å². The van der Waals surface area contributed by atoms with Gasteiger partial charge in [0, 0.05) is 51.7 Å². The summed E-state index contributed by atoms with van der Waals surface area (Å²) in [6.07, 6.45) is 3.17. The molecule has 2 saturated heterocycles. The summed E-state index contributed by atoms with van der Waals surface area (Å²) in [5.41, 5.74) is 1.06. The number of carbonyl (C=O) groups excluding carboxylic acids is 1. The van der Waals surface area contributed by atoms with Gasteiger partial charge in [0.1, 0.15) is 5.82 Å². The lowest BCUT2D eigenvalue weighted by molar-refractivity contribution is 0.0745. The summed E-state index contributed by atoms with van der Waals surface area (Å²) < 4.78 is 19.3. The third kappa shape index (κ3) is 3.85. The predicted molar refractivity (Wildman–Crippen MR) is 99.6 cm³/mol. The van der Waals surface area contributed by atoms with Crippen molar-refractivity contribution in [2.24, 2.45) is 0 Å². The van der Waals surface area contributed by atoms with Gasteiger partial charge < -0.3 is 19.4 Å². The van der Waals surface area contributed by atoms with E-state index in [0.29, 0.717) is 56.6 Å². The summed E-state index contributed by atoms with van der Waals surface area (Å²) in [5, 5.41) is 0. The van der Waals surface area contributed by atoms with Crippen molar-refractivity contribution in [1.82, 2.24) is 14.9 Å². The lowest BCUT2D eigenvalue weighted by Crippen LogP contribution is -2.49. The molecule has 0 atom stereocenters. The molecule has 0 unspecified atom stereocenters. The highest BCUT2D eigenvalue weighted by Crippen LogP contribution is 2.21. The molecule has 0 bridgehead atoms. The number of amides is 1. The number of morpholine rings is 1. The fourth-order valence-electron chi connectivity index (χ4n) is 3.40. The van der Waals surface area contributed by atoms with Gasteiger partial charge in [0.05, 0.1) is 24.5 Å². The second-order valence-corrected chi connectivity index (χ2v) is 6.60. The number of benzene rings is 1. The Morgan fingerprint density at radius 2 is 1.59 bits per heavy atom. The molecule has 2 aromatic rings. The van der Waals surface area contributed by atoms with E-state index in [1.54, 1.807) is 29.4 Å². The molecule has 8 heteroatoms. The molecule has 0 N–H and O–H groups in total. The quantitative estimate of drug-likeness (QED) is 0.813. The molecular weight excluding hydrogens is 349 g/mol. The van der Waals surface area contributed by atoms with Gasteiger partial charge in [-0.3, -0.25) is 4.79 Å². The Bertz CT molecular complexity index is 787. The van der Waals surface area contributed by atoms with Crippen LogP contribution in [0, 0.1) is 5.82 Å².